The van der Waals surface area contributed by atoms with Crippen LogP contribution in [0.4, 0.5) is 5.69 Å². The summed E-state index contributed by atoms with van der Waals surface area (Å²) in [5, 5.41) is 12.5. The van der Waals surface area contributed by atoms with E-state index in [1.807, 2.05) is 60.0 Å². The molecule has 1 N–H and O–H groups in total. The Balaban J connectivity index is 1.73. The number of aromatic nitrogens is 3. The first-order valence-corrected chi connectivity index (χ1v) is 12.1. The fraction of sp³-hybridized carbons (Fsp3) is 0.400. The van der Waals surface area contributed by atoms with Crippen molar-refractivity contribution < 1.29 is 14.3 Å². The Morgan fingerprint density at radius 3 is 2.45 bits per heavy atom. The number of methoxy groups -OCH3 is 1. The first-order valence-electron chi connectivity index (χ1n) is 11.2. The number of hydrogen-bond acceptors (Lipinski definition) is 6. The number of thioether (sulfide) groups is 1. The molecule has 1 atom stereocenters. The maximum atomic E-state index is 12.6. The topological polar surface area (TPSA) is 78.3 Å². The lowest BCUT2D eigenvalue weighted by molar-refractivity contribution is -0.113. The second kappa shape index (κ2) is 11.7. The third-order valence-electron chi connectivity index (χ3n) is 5.03. The molecule has 1 heterocycles. The summed E-state index contributed by atoms with van der Waals surface area (Å²) in [6.45, 7) is 9.02. The van der Waals surface area contributed by atoms with Crippen molar-refractivity contribution in [2.75, 3.05) is 18.2 Å². The number of nitrogens with one attached hydrogen (secondary N) is 1. The van der Waals surface area contributed by atoms with Crippen molar-refractivity contribution in [1.82, 2.24) is 14.8 Å². The second-order valence-electron chi connectivity index (χ2n) is 8.10. The first-order chi connectivity index (χ1) is 15.9. The molecule has 7 nitrogen and oxygen atoms in total. The Bertz CT molecular complexity index is 1070. The van der Waals surface area contributed by atoms with E-state index in [2.05, 4.69) is 36.3 Å². The Morgan fingerprint density at radius 2 is 1.76 bits per heavy atom. The lowest BCUT2D eigenvalue weighted by atomic mass is 10.1. The van der Waals surface area contributed by atoms with Crippen LogP contribution in [-0.4, -0.2) is 33.5 Å². The van der Waals surface area contributed by atoms with Crippen LogP contribution in [0.15, 0.2) is 53.7 Å². The molecule has 0 saturated heterocycles. The van der Waals surface area contributed by atoms with Gasteiger partial charge in [-0.1, -0.05) is 62.9 Å². The van der Waals surface area contributed by atoms with E-state index in [4.69, 9.17) is 9.47 Å². The average molecular weight is 469 g/mol. The summed E-state index contributed by atoms with van der Waals surface area (Å²) in [5.41, 5.74) is 1.97. The molecule has 0 radical (unpaired) electrons. The predicted molar refractivity (Wildman–Crippen MR) is 132 cm³/mol. The minimum Gasteiger partial charge on any atom is -0.493 e. The smallest absolute Gasteiger partial charge is 0.234 e. The number of carbonyl (C=O) groups excluding carboxylic acids is 1. The van der Waals surface area contributed by atoms with Crippen molar-refractivity contribution in [3.63, 3.8) is 0 Å². The highest BCUT2D eigenvalue weighted by Gasteiger charge is 2.22. The maximum absolute atomic E-state index is 12.6. The van der Waals surface area contributed by atoms with Gasteiger partial charge in [-0.2, -0.15) is 0 Å². The normalized spacial score (nSPS) is 11.9. The van der Waals surface area contributed by atoms with E-state index in [-0.39, 0.29) is 17.8 Å². The number of aryl methyl sites for hydroxylation is 1. The van der Waals surface area contributed by atoms with Gasteiger partial charge in [-0.3, -0.25) is 4.79 Å². The van der Waals surface area contributed by atoms with Gasteiger partial charge in [0.25, 0.3) is 0 Å². The molecule has 1 aromatic heterocycles. The van der Waals surface area contributed by atoms with Gasteiger partial charge in [-0.25, -0.2) is 0 Å². The van der Waals surface area contributed by atoms with Crippen molar-refractivity contribution in [2.45, 2.75) is 51.9 Å². The molecule has 0 saturated carbocycles. The second-order valence-corrected chi connectivity index (χ2v) is 9.05. The Labute approximate surface area is 199 Å². The largest absolute Gasteiger partial charge is 0.493 e. The molecular weight excluding hydrogens is 436 g/mol. The van der Waals surface area contributed by atoms with E-state index in [9.17, 15) is 4.79 Å². The molecule has 0 fully saturated rings. The molecule has 33 heavy (non-hydrogen) atoms. The molecule has 8 heteroatoms. The van der Waals surface area contributed by atoms with E-state index in [1.165, 1.54) is 11.8 Å². The van der Waals surface area contributed by atoms with Gasteiger partial charge in [-0.05, 0) is 43.0 Å². The number of benzene rings is 2. The zero-order valence-corrected chi connectivity index (χ0v) is 20.7. The van der Waals surface area contributed by atoms with E-state index >= 15 is 0 Å². The van der Waals surface area contributed by atoms with E-state index in [1.54, 1.807) is 7.11 Å². The molecule has 176 valence electrons. The Hall–Kier alpha value is -3.00. The summed E-state index contributed by atoms with van der Waals surface area (Å²) in [6.07, 6.45) is 0.520. The molecule has 1 unspecified atom stereocenters. The van der Waals surface area contributed by atoms with E-state index < -0.39 is 0 Å². The molecular formula is C25H32N4O3S. The Morgan fingerprint density at radius 1 is 1.06 bits per heavy atom. The Kier molecular flexibility index (Phi) is 8.77. The minimum atomic E-state index is -0.341. The molecule has 1 amide bonds. The lowest BCUT2D eigenvalue weighted by Gasteiger charge is -2.19. The van der Waals surface area contributed by atoms with Crippen molar-refractivity contribution in [3.05, 3.63) is 59.9 Å². The third kappa shape index (κ3) is 6.51. The molecule has 0 aliphatic carbocycles. The zero-order chi connectivity index (χ0) is 23.8. The molecule has 0 bridgehead atoms. The highest BCUT2D eigenvalue weighted by atomic mass is 32.2. The lowest BCUT2D eigenvalue weighted by Crippen LogP contribution is -2.17. The highest BCUT2D eigenvalue weighted by molar-refractivity contribution is 7.99. The van der Waals surface area contributed by atoms with Crippen LogP contribution in [0, 0.1) is 5.92 Å². The molecule has 0 spiro atoms. The number of carbonyl (C=O) groups is 1. The number of anilines is 1. The summed E-state index contributed by atoms with van der Waals surface area (Å²) < 4.78 is 13.6. The zero-order valence-electron chi connectivity index (χ0n) is 19.9. The van der Waals surface area contributed by atoms with Crippen LogP contribution in [0.3, 0.4) is 0 Å². The number of para-hydroxylation sites is 3. The van der Waals surface area contributed by atoms with E-state index in [0.717, 1.165) is 24.2 Å². The standard InChI is InChI=1S/C25H32N4O3S/c1-6-19-11-7-8-12-20(19)26-23(30)16-33-25-28-27-24(29(25)15-17(2)3)18(4)32-22-14-10-9-13-21(22)31-5/h7-14,17-18H,6,15-16H2,1-5H3,(H,26,30). The van der Waals surface area contributed by atoms with Gasteiger partial charge in [0.05, 0.1) is 12.9 Å². The van der Waals surface area contributed by atoms with Gasteiger partial charge >= 0.3 is 0 Å². The van der Waals surface area contributed by atoms with Crippen molar-refractivity contribution in [1.29, 1.82) is 0 Å². The summed E-state index contributed by atoms with van der Waals surface area (Å²) in [6, 6.07) is 15.4. The fourth-order valence-corrected chi connectivity index (χ4v) is 4.23. The van der Waals surface area contributed by atoms with Crippen LogP contribution in [0.1, 0.15) is 45.2 Å². The molecule has 0 aliphatic heterocycles. The molecule has 3 aromatic rings. The summed E-state index contributed by atoms with van der Waals surface area (Å²) in [4.78, 5) is 12.6. The van der Waals surface area contributed by atoms with Crippen LogP contribution in [0.25, 0.3) is 0 Å². The van der Waals surface area contributed by atoms with Gasteiger partial charge in [0.1, 0.15) is 0 Å². The summed E-state index contributed by atoms with van der Waals surface area (Å²) in [7, 11) is 1.62. The monoisotopic (exact) mass is 468 g/mol. The number of rotatable bonds is 11. The SMILES string of the molecule is CCc1ccccc1NC(=O)CSc1nnc(C(C)Oc2ccccc2OC)n1CC(C)C. The van der Waals surface area contributed by atoms with Crippen molar-refractivity contribution in [3.8, 4) is 11.5 Å². The first kappa shape index (κ1) is 24.6. The summed E-state index contributed by atoms with van der Waals surface area (Å²) in [5.74, 6) is 2.58. The third-order valence-corrected chi connectivity index (χ3v) is 6.00. The van der Waals surface area contributed by atoms with Gasteiger partial charge in [-0.15, -0.1) is 10.2 Å². The number of amides is 1. The molecule has 3 rings (SSSR count). The van der Waals surface area contributed by atoms with Crippen LogP contribution in [0.2, 0.25) is 0 Å². The van der Waals surface area contributed by atoms with Crippen molar-refractivity contribution >= 4 is 23.4 Å². The number of ether oxygens (including phenoxy) is 2. The average Bonchev–Trinajstić information content (AvgIpc) is 3.20. The quantitative estimate of drug-likeness (QED) is 0.381. The molecule has 0 aliphatic rings. The van der Waals surface area contributed by atoms with Gasteiger partial charge in [0.2, 0.25) is 5.91 Å². The van der Waals surface area contributed by atoms with Crippen LogP contribution < -0.4 is 14.8 Å². The summed E-state index contributed by atoms with van der Waals surface area (Å²) >= 11 is 1.38. The van der Waals surface area contributed by atoms with Crippen LogP contribution in [0.5, 0.6) is 11.5 Å². The highest BCUT2D eigenvalue weighted by Crippen LogP contribution is 2.31. The van der Waals surface area contributed by atoms with Gasteiger partial charge in [0.15, 0.2) is 28.6 Å². The minimum absolute atomic E-state index is 0.0696. The number of nitrogens with zero attached hydrogens (tertiary/aromatic N) is 3. The fourth-order valence-electron chi connectivity index (χ4n) is 3.47. The maximum Gasteiger partial charge on any atom is 0.234 e. The van der Waals surface area contributed by atoms with Crippen molar-refractivity contribution in [2.24, 2.45) is 5.92 Å². The molecule has 2 aromatic carbocycles. The van der Waals surface area contributed by atoms with Gasteiger partial charge < -0.3 is 19.4 Å². The predicted octanol–water partition coefficient (Wildman–Crippen LogP) is 5.38. The number of hydrogen-bond donors (Lipinski definition) is 1. The van der Waals surface area contributed by atoms with Gasteiger partial charge in [0, 0.05) is 12.2 Å². The van der Waals surface area contributed by atoms with E-state index in [0.29, 0.717) is 28.4 Å². The van der Waals surface area contributed by atoms with Crippen LogP contribution in [-0.2, 0) is 17.8 Å². The van der Waals surface area contributed by atoms with Crippen LogP contribution >= 0.6 is 11.8 Å².